The fraction of sp³-hybridized carbons (Fsp3) is 1.00. The van der Waals surface area contributed by atoms with Crippen molar-refractivity contribution >= 4 is 9.52 Å². The smallest absolute Gasteiger partial charge is 0.0182 e. The Kier molecular flexibility index (Phi) is 6.33. The first kappa shape index (κ1) is 7.18. The molecule has 0 saturated carbocycles. The van der Waals surface area contributed by atoms with Gasteiger partial charge in [-0.2, -0.15) is 0 Å². The van der Waals surface area contributed by atoms with Gasteiger partial charge < -0.3 is 5.32 Å². The van der Waals surface area contributed by atoms with Crippen LogP contribution in [0.3, 0.4) is 0 Å². The number of hydrogen-bond donors (Lipinski definition) is 1. The Morgan fingerprint density at radius 1 is 1.57 bits per heavy atom. The van der Waals surface area contributed by atoms with E-state index in [0.29, 0.717) is 9.52 Å². The molecule has 0 atom stereocenters. The topological polar surface area (TPSA) is 12.0 Å². The van der Waals surface area contributed by atoms with Crippen LogP contribution in [0, 0.1) is 0 Å². The zero-order chi connectivity index (χ0) is 5.54. The van der Waals surface area contributed by atoms with Crippen LogP contribution in [0.1, 0.15) is 6.92 Å². The molecule has 0 heterocycles. The van der Waals surface area contributed by atoms with E-state index in [9.17, 15) is 0 Å². The molecule has 0 bridgehead atoms. The second-order valence-electron chi connectivity index (χ2n) is 1.71. The maximum atomic E-state index is 3.28. The highest BCUT2D eigenvalue weighted by atomic mass is 28.2. The molecular weight excluding hydrogens is 102 g/mol. The summed E-state index contributed by atoms with van der Waals surface area (Å²) >= 11 is 0. The first-order valence-electron chi connectivity index (χ1n) is 3.12. The molecule has 7 heavy (non-hydrogen) atoms. The first-order chi connectivity index (χ1) is 3.41. The van der Waals surface area contributed by atoms with E-state index in [2.05, 4.69) is 18.8 Å². The van der Waals surface area contributed by atoms with Crippen LogP contribution in [0.5, 0.6) is 0 Å². The predicted octanol–water partition coefficient (Wildman–Crippen LogP) is 0.231. The Labute approximate surface area is 48.3 Å². The standard InChI is InChI=1S/C5H15NSi/c1-3-6-4-5-7-2/h6H,3-5,7H2,1-2H3. The second-order valence-corrected chi connectivity index (χ2v) is 3.41. The SMILES string of the molecule is CCNCC[SiH2]C. The maximum absolute atomic E-state index is 3.28. The van der Waals surface area contributed by atoms with E-state index in [0.717, 1.165) is 6.54 Å². The van der Waals surface area contributed by atoms with Gasteiger partial charge in [-0.3, -0.25) is 0 Å². The fourth-order valence-electron chi connectivity index (χ4n) is 0.479. The molecular formula is C5H15NSi. The van der Waals surface area contributed by atoms with Gasteiger partial charge in [-0.1, -0.05) is 19.5 Å². The molecule has 0 aromatic heterocycles. The van der Waals surface area contributed by atoms with Crippen LogP contribution in [-0.4, -0.2) is 22.6 Å². The number of hydrogen-bond acceptors (Lipinski definition) is 1. The van der Waals surface area contributed by atoms with Crippen LogP contribution in [0.4, 0.5) is 0 Å². The Balaban J connectivity index is 2.45. The summed E-state index contributed by atoms with van der Waals surface area (Å²) in [6.45, 7) is 6.88. The largest absolute Gasteiger partial charge is 0.317 e. The van der Waals surface area contributed by atoms with Crippen LogP contribution in [0.2, 0.25) is 12.6 Å². The van der Waals surface area contributed by atoms with Gasteiger partial charge in [0.05, 0.1) is 0 Å². The zero-order valence-electron chi connectivity index (χ0n) is 5.33. The minimum absolute atomic E-state index is 0.331. The molecule has 0 rings (SSSR count). The lowest BCUT2D eigenvalue weighted by Crippen LogP contribution is -2.14. The molecule has 0 fully saturated rings. The number of nitrogens with one attached hydrogen (secondary N) is 1. The van der Waals surface area contributed by atoms with E-state index in [1.165, 1.54) is 12.6 Å². The van der Waals surface area contributed by atoms with Crippen molar-refractivity contribution in [2.45, 2.75) is 19.5 Å². The lowest BCUT2D eigenvalue weighted by atomic mass is 10.7. The number of rotatable bonds is 4. The molecule has 0 aliphatic carbocycles. The molecule has 44 valence electrons. The molecule has 1 nitrogen and oxygen atoms in total. The first-order valence-corrected chi connectivity index (χ1v) is 5.54. The van der Waals surface area contributed by atoms with Crippen LogP contribution >= 0.6 is 0 Å². The van der Waals surface area contributed by atoms with Crippen molar-refractivity contribution in [3.63, 3.8) is 0 Å². The normalized spacial score (nSPS) is 11.1. The summed E-state index contributed by atoms with van der Waals surface area (Å²) in [5, 5.41) is 3.28. The monoisotopic (exact) mass is 117 g/mol. The second kappa shape index (κ2) is 6.18. The highest BCUT2D eigenvalue weighted by Crippen LogP contribution is 1.70. The third kappa shape index (κ3) is 6.18. The van der Waals surface area contributed by atoms with Crippen LogP contribution < -0.4 is 5.32 Å². The van der Waals surface area contributed by atoms with Crippen molar-refractivity contribution in [1.82, 2.24) is 5.32 Å². The average Bonchev–Trinajstić information content (AvgIpc) is 1.69. The predicted molar refractivity (Wildman–Crippen MR) is 37.8 cm³/mol. The third-order valence-electron chi connectivity index (χ3n) is 0.957. The van der Waals surface area contributed by atoms with Gasteiger partial charge in [-0.15, -0.1) is 0 Å². The molecule has 0 amide bonds. The van der Waals surface area contributed by atoms with Gasteiger partial charge in [0.25, 0.3) is 0 Å². The Morgan fingerprint density at radius 2 is 2.29 bits per heavy atom. The van der Waals surface area contributed by atoms with Crippen molar-refractivity contribution in [1.29, 1.82) is 0 Å². The van der Waals surface area contributed by atoms with Crippen molar-refractivity contribution in [2.75, 3.05) is 13.1 Å². The van der Waals surface area contributed by atoms with Gasteiger partial charge in [0.2, 0.25) is 0 Å². The van der Waals surface area contributed by atoms with Gasteiger partial charge in [-0.05, 0) is 13.1 Å². The highest BCUT2D eigenvalue weighted by Gasteiger charge is 1.78. The highest BCUT2D eigenvalue weighted by molar-refractivity contribution is 6.33. The maximum Gasteiger partial charge on any atom is 0.0182 e. The average molecular weight is 117 g/mol. The summed E-state index contributed by atoms with van der Waals surface area (Å²) in [4.78, 5) is 0. The van der Waals surface area contributed by atoms with Gasteiger partial charge in [-0.25, -0.2) is 0 Å². The summed E-state index contributed by atoms with van der Waals surface area (Å²) in [6.07, 6.45) is 0. The quantitative estimate of drug-likeness (QED) is 0.410. The van der Waals surface area contributed by atoms with Crippen molar-refractivity contribution < 1.29 is 0 Å². The molecule has 0 spiro atoms. The zero-order valence-corrected chi connectivity index (χ0v) is 6.74. The molecule has 2 heteroatoms. The summed E-state index contributed by atoms with van der Waals surface area (Å²) < 4.78 is 0. The van der Waals surface area contributed by atoms with E-state index in [1.54, 1.807) is 0 Å². The van der Waals surface area contributed by atoms with Crippen molar-refractivity contribution in [2.24, 2.45) is 0 Å². The van der Waals surface area contributed by atoms with Crippen LogP contribution in [-0.2, 0) is 0 Å². The molecule has 0 aromatic rings. The van der Waals surface area contributed by atoms with Gasteiger partial charge in [0, 0.05) is 9.52 Å². The van der Waals surface area contributed by atoms with E-state index in [-0.39, 0.29) is 0 Å². The summed E-state index contributed by atoms with van der Waals surface area (Å²) in [6, 6.07) is 1.45. The van der Waals surface area contributed by atoms with Gasteiger partial charge >= 0.3 is 0 Å². The molecule has 0 aromatic carbocycles. The van der Waals surface area contributed by atoms with Crippen molar-refractivity contribution in [3.05, 3.63) is 0 Å². The van der Waals surface area contributed by atoms with Crippen LogP contribution in [0.25, 0.3) is 0 Å². The summed E-state index contributed by atoms with van der Waals surface area (Å²) in [7, 11) is 0.331. The van der Waals surface area contributed by atoms with E-state index >= 15 is 0 Å². The lowest BCUT2D eigenvalue weighted by Gasteiger charge is -1.94. The minimum atomic E-state index is 0.331. The van der Waals surface area contributed by atoms with Crippen LogP contribution in [0.15, 0.2) is 0 Å². The Bertz CT molecular complexity index is 27.3. The molecule has 0 radical (unpaired) electrons. The Morgan fingerprint density at radius 3 is 2.71 bits per heavy atom. The van der Waals surface area contributed by atoms with E-state index in [1.807, 2.05) is 0 Å². The third-order valence-corrected chi connectivity index (χ3v) is 2.02. The molecule has 0 unspecified atom stereocenters. The van der Waals surface area contributed by atoms with Gasteiger partial charge in [0.15, 0.2) is 0 Å². The molecule has 0 aliphatic rings. The van der Waals surface area contributed by atoms with E-state index < -0.39 is 0 Å². The fourth-order valence-corrected chi connectivity index (χ4v) is 1.08. The van der Waals surface area contributed by atoms with Gasteiger partial charge in [0.1, 0.15) is 0 Å². The molecule has 0 aliphatic heterocycles. The Hall–Kier alpha value is 0.177. The molecule has 1 N–H and O–H groups in total. The minimum Gasteiger partial charge on any atom is -0.317 e. The summed E-state index contributed by atoms with van der Waals surface area (Å²) in [5.74, 6) is 0. The lowest BCUT2D eigenvalue weighted by molar-refractivity contribution is 0.760. The molecule has 0 saturated heterocycles. The summed E-state index contributed by atoms with van der Waals surface area (Å²) in [5.41, 5.74) is 0. The van der Waals surface area contributed by atoms with E-state index in [4.69, 9.17) is 0 Å². The van der Waals surface area contributed by atoms with Crippen molar-refractivity contribution in [3.8, 4) is 0 Å².